The van der Waals surface area contributed by atoms with Crippen molar-refractivity contribution in [1.82, 2.24) is 10.6 Å². The minimum Gasteiger partial charge on any atom is -0.550 e. The molecular weight excluding hydrogens is 339 g/mol. The first-order chi connectivity index (χ1) is 8.25. The summed E-state index contributed by atoms with van der Waals surface area (Å²) in [5.74, 6) is -2.44. The molecule has 104 valence electrons. The maximum absolute atomic E-state index is 9.61. The van der Waals surface area contributed by atoms with Crippen LogP contribution in [0.3, 0.4) is 0 Å². The van der Waals surface area contributed by atoms with Gasteiger partial charge in [0.25, 0.3) is 0 Å². The Balaban J connectivity index is -0.000000262. The van der Waals surface area contributed by atoms with Crippen molar-refractivity contribution in [2.24, 2.45) is 0 Å². The summed E-state index contributed by atoms with van der Waals surface area (Å²) >= 11 is 17.0. The number of nitrogens with one attached hydrogen (secondary N) is 2. The number of hydrogen-bond acceptors (Lipinski definition) is 5. The molecule has 0 saturated heterocycles. The molecule has 11 heteroatoms. The summed E-state index contributed by atoms with van der Waals surface area (Å²) in [4.78, 5) is 19.1. The molecule has 0 saturated carbocycles. The average molecular weight is 352 g/mol. The van der Waals surface area contributed by atoms with E-state index in [1.54, 1.807) is 0 Å². The van der Waals surface area contributed by atoms with Gasteiger partial charge in [0.2, 0.25) is 0 Å². The van der Waals surface area contributed by atoms with Crippen molar-refractivity contribution in [1.29, 1.82) is 0 Å². The van der Waals surface area contributed by atoms with Crippen molar-refractivity contribution in [2.45, 2.75) is 12.8 Å². The molecule has 0 rings (SSSR count). The quantitative estimate of drug-likeness (QED) is 0.144. The third-order valence-electron chi connectivity index (χ3n) is 1.22. The first kappa shape index (κ1) is 24.4. The molecule has 0 aromatic carbocycles. The second-order valence-electron chi connectivity index (χ2n) is 2.73. The summed E-state index contributed by atoms with van der Waals surface area (Å²) in [6, 6.07) is 0. The van der Waals surface area contributed by atoms with E-state index in [2.05, 4.69) is 60.3 Å². The molecule has 0 bridgehead atoms. The number of rotatable bonds is 6. The topological polar surface area (TPSA) is 101 Å². The number of carboxylic acids is 2. The molecule has 19 heavy (non-hydrogen) atoms. The Kier molecular flexibility index (Phi) is 21.2. The van der Waals surface area contributed by atoms with E-state index < -0.39 is 18.4 Å². The third kappa shape index (κ3) is 32.2. The van der Waals surface area contributed by atoms with E-state index in [0.29, 0.717) is 21.7 Å². The molecule has 0 aliphatic carbocycles. The second-order valence-corrected chi connectivity index (χ2v) is 5.05. The SMILES string of the molecule is O=C([O-])CCC(=O)O.S=C(S)NCCNC(=S)S.[Na+]. The molecule has 0 aliphatic heterocycles. The van der Waals surface area contributed by atoms with Crippen LogP contribution in [0.1, 0.15) is 12.8 Å². The minimum atomic E-state index is -1.33. The number of hydrogen-bond donors (Lipinski definition) is 5. The van der Waals surface area contributed by atoms with Crippen LogP contribution >= 0.6 is 49.7 Å². The normalized spacial score (nSPS) is 8.11. The summed E-state index contributed by atoms with van der Waals surface area (Å²) in [6.07, 6.45) is -0.766. The first-order valence-corrected chi connectivity index (χ1v) is 6.32. The number of thiocarbonyl (C=S) groups is 2. The molecule has 0 fully saturated rings. The van der Waals surface area contributed by atoms with Crippen molar-refractivity contribution < 1.29 is 49.4 Å². The largest absolute Gasteiger partial charge is 1.00 e. The Bertz CT molecular complexity index is 287. The van der Waals surface area contributed by atoms with Crippen LogP contribution in [-0.4, -0.2) is 38.8 Å². The molecule has 0 atom stereocenters. The van der Waals surface area contributed by atoms with Gasteiger partial charge in [-0.1, -0.05) is 24.4 Å². The molecule has 3 N–H and O–H groups in total. The standard InChI is InChI=1S/C4H8N2S4.C4H6O4.Na/c7-3(8)5-1-2-6-4(9)10;5-3(6)1-2-4(7)8;/h1-2H2,(H2,5,7,8)(H2,6,9,10);1-2H2,(H,5,6)(H,7,8);/q;;+1/p-1. The molecule has 0 aliphatic rings. The van der Waals surface area contributed by atoms with Gasteiger partial charge < -0.3 is 25.6 Å². The fraction of sp³-hybridized carbons (Fsp3) is 0.500. The van der Waals surface area contributed by atoms with E-state index in [1.165, 1.54) is 0 Å². The summed E-state index contributed by atoms with van der Waals surface area (Å²) in [5.41, 5.74) is 0. The van der Waals surface area contributed by atoms with Crippen molar-refractivity contribution >= 4 is 70.3 Å². The van der Waals surface area contributed by atoms with E-state index >= 15 is 0 Å². The molecule has 6 nitrogen and oxygen atoms in total. The van der Waals surface area contributed by atoms with Gasteiger partial charge in [0.15, 0.2) is 0 Å². The van der Waals surface area contributed by atoms with Crippen LogP contribution in [-0.2, 0) is 9.59 Å². The second kappa shape index (κ2) is 16.5. The Morgan fingerprint density at radius 3 is 1.58 bits per heavy atom. The van der Waals surface area contributed by atoms with Crippen LogP contribution in [0.15, 0.2) is 0 Å². The number of carboxylic acid groups (broad SMARTS) is 2. The summed E-state index contributed by atoms with van der Waals surface area (Å²) in [7, 11) is 0. The molecule has 0 radical (unpaired) electrons. The molecule has 0 unspecified atom stereocenters. The van der Waals surface area contributed by atoms with Crippen molar-refractivity contribution in [3.63, 3.8) is 0 Å². The van der Waals surface area contributed by atoms with Crippen LogP contribution in [0.5, 0.6) is 0 Å². The monoisotopic (exact) mass is 352 g/mol. The number of aliphatic carboxylic acids is 2. The number of carbonyl (C=O) groups is 2. The fourth-order valence-corrected chi connectivity index (χ4v) is 0.976. The van der Waals surface area contributed by atoms with Crippen molar-refractivity contribution in [3.05, 3.63) is 0 Å². The van der Waals surface area contributed by atoms with Crippen LogP contribution in [0.2, 0.25) is 0 Å². The third-order valence-corrected chi connectivity index (χ3v) is 1.83. The van der Waals surface area contributed by atoms with Gasteiger partial charge in [0, 0.05) is 19.1 Å². The van der Waals surface area contributed by atoms with E-state index in [1.807, 2.05) is 0 Å². The zero-order valence-corrected chi connectivity index (χ0v) is 15.6. The number of carbonyl (C=O) groups excluding carboxylic acids is 1. The van der Waals surface area contributed by atoms with Crippen LogP contribution in [0.25, 0.3) is 0 Å². The predicted octanol–water partition coefficient (Wildman–Crippen LogP) is -3.80. The molecule has 0 spiro atoms. The molecule has 0 aromatic heterocycles. The molecule has 0 amide bonds. The van der Waals surface area contributed by atoms with Gasteiger partial charge in [-0.2, -0.15) is 0 Å². The van der Waals surface area contributed by atoms with Crippen LogP contribution < -0.4 is 45.3 Å². The van der Waals surface area contributed by atoms with Crippen molar-refractivity contribution in [2.75, 3.05) is 13.1 Å². The Morgan fingerprint density at radius 1 is 1.05 bits per heavy atom. The summed E-state index contributed by atoms with van der Waals surface area (Å²) < 4.78 is 0.985. The van der Waals surface area contributed by atoms with Gasteiger partial charge in [-0.3, -0.25) is 4.79 Å². The summed E-state index contributed by atoms with van der Waals surface area (Å²) in [5, 5.41) is 23.1. The Morgan fingerprint density at radius 2 is 1.42 bits per heavy atom. The Hall–Kier alpha value is 0.420. The van der Waals surface area contributed by atoms with E-state index in [4.69, 9.17) is 5.11 Å². The zero-order chi connectivity index (χ0) is 14.6. The zero-order valence-electron chi connectivity index (χ0n) is 10.2. The predicted molar refractivity (Wildman–Crippen MR) is 81.1 cm³/mol. The van der Waals surface area contributed by atoms with Crippen molar-refractivity contribution in [3.8, 4) is 0 Å². The van der Waals surface area contributed by atoms with E-state index in [0.717, 1.165) is 0 Å². The maximum Gasteiger partial charge on any atom is 1.00 e. The molecular formula is C8H13N2NaO4S4. The minimum absolute atomic E-state index is 0. The smallest absolute Gasteiger partial charge is 0.550 e. The molecule has 0 aromatic rings. The van der Waals surface area contributed by atoms with Gasteiger partial charge in [-0.15, -0.1) is 25.3 Å². The van der Waals surface area contributed by atoms with Crippen LogP contribution in [0.4, 0.5) is 0 Å². The summed E-state index contributed by atoms with van der Waals surface area (Å²) in [6.45, 7) is 1.42. The van der Waals surface area contributed by atoms with Crippen LogP contribution in [0, 0.1) is 0 Å². The average Bonchev–Trinajstić information content (AvgIpc) is 2.22. The van der Waals surface area contributed by atoms with Gasteiger partial charge in [-0.25, -0.2) is 0 Å². The molecule has 0 heterocycles. The van der Waals surface area contributed by atoms with E-state index in [9.17, 15) is 14.7 Å². The fourth-order valence-electron chi connectivity index (χ4n) is 0.548. The number of thiol groups is 2. The van der Waals surface area contributed by atoms with E-state index in [-0.39, 0.29) is 36.0 Å². The van der Waals surface area contributed by atoms with Gasteiger partial charge in [0.05, 0.1) is 6.42 Å². The van der Waals surface area contributed by atoms with Gasteiger partial charge in [-0.05, 0) is 6.42 Å². The van der Waals surface area contributed by atoms with Gasteiger partial charge in [0.1, 0.15) is 8.64 Å². The van der Waals surface area contributed by atoms with Gasteiger partial charge >= 0.3 is 35.5 Å². The first-order valence-electron chi connectivity index (χ1n) is 4.61. The maximum atomic E-state index is 9.61. The Labute approximate surface area is 155 Å².